The van der Waals surface area contributed by atoms with Crippen molar-refractivity contribution in [2.75, 3.05) is 25.9 Å². The van der Waals surface area contributed by atoms with E-state index in [9.17, 15) is 4.21 Å². The third-order valence-electron chi connectivity index (χ3n) is 1.40. The fourth-order valence-corrected chi connectivity index (χ4v) is 0.992. The van der Waals surface area contributed by atoms with E-state index in [4.69, 9.17) is 4.55 Å². The van der Waals surface area contributed by atoms with E-state index >= 15 is 0 Å². The van der Waals surface area contributed by atoms with Crippen molar-refractivity contribution >= 4 is 11.1 Å². The molecular formula is C6H15NO2S. The van der Waals surface area contributed by atoms with Crippen molar-refractivity contribution < 1.29 is 8.76 Å². The van der Waals surface area contributed by atoms with Crippen LogP contribution in [0.5, 0.6) is 0 Å². The first-order chi connectivity index (χ1) is 4.66. The molecule has 0 aliphatic carbocycles. The van der Waals surface area contributed by atoms with Gasteiger partial charge in [-0.1, -0.05) is 6.92 Å². The maximum absolute atomic E-state index is 10.2. The topological polar surface area (TPSA) is 40.5 Å². The van der Waals surface area contributed by atoms with Crippen LogP contribution in [-0.2, 0) is 11.1 Å². The van der Waals surface area contributed by atoms with E-state index in [1.54, 1.807) is 0 Å². The highest BCUT2D eigenvalue weighted by Crippen LogP contribution is 1.87. The highest BCUT2D eigenvalue weighted by atomic mass is 32.2. The van der Waals surface area contributed by atoms with Crippen LogP contribution in [0.2, 0.25) is 0 Å². The van der Waals surface area contributed by atoms with E-state index in [0.717, 1.165) is 19.5 Å². The lowest BCUT2D eigenvalue weighted by Crippen LogP contribution is -2.20. The summed E-state index contributed by atoms with van der Waals surface area (Å²) in [6.45, 7) is 3.97. The Morgan fingerprint density at radius 2 is 2.20 bits per heavy atom. The third kappa shape index (κ3) is 6.19. The molecule has 4 heteroatoms. The van der Waals surface area contributed by atoms with Crippen molar-refractivity contribution in [3.63, 3.8) is 0 Å². The number of hydrogen-bond acceptors (Lipinski definition) is 2. The molecule has 0 aliphatic rings. The zero-order valence-electron chi connectivity index (χ0n) is 6.54. The smallest absolute Gasteiger partial charge is 0.152 e. The first-order valence-corrected chi connectivity index (χ1v) is 4.70. The lowest BCUT2D eigenvalue weighted by molar-refractivity contribution is 0.353. The van der Waals surface area contributed by atoms with Crippen LogP contribution in [0.15, 0.2) is 0 Å². The van der Waals surface area contributed by atoms with E-state index in [1.807, 2.05) is 7.05 Å². The Labute approximate surface area is 64.7 Å². The molecule has 0 amide bonds. The van der Waals surface area contributed by atoms with Crippen molar-refractivity contribution in [3.8, 4) is 0 Å². The monoisotopic (exact) mass is 165 g/mol. The molecule has 62 valence electrons. The van der Waals surface area contributed by atoms with Gasteiger partial charge in [0, 0.05) is 0 Å². The summed E-state index contributed by atoms with van der Waals surface area (Å²) in [5, 5.41) is 0. The summed E-state index contributed by atoms with van der Waals surface area (Å²) in [4.78, 5) is 2.12. The van der Waals surface area contributed by atoms with Gasteiger partial charge in [0.15, 0.2) is 11.1 Å². The highest BCUT2D eigenvalue weighted by Gasteiger charge is 1.96. The van der Waals surface area contributed by atoms with Gasteiger partial charge < -0.3 is 9.45 Å². The van der Waals surface area contributed by atoms with Crippen LogP contribution in [0.1, 0.15) is 13.3 Å². The summed E-state index contributed by atoms with van der Waals surface area (Å²) in [6, 6.07) is 0. The van der Waals surface area contributed by atoms with Crippen LogP contribution in [-0.4, -0.2) is 39.6 Å². The molecule has 0 aromatic rings. The molecule has 0 radical (unpaired) electrons. The van der Waals surface area contributed by atoms with Gasteiger partial charge in [-0.15, -0.1) is 0 Å². The normalized spacial score (nSPS) is 14.0. The average Bonchev–Trinajstić information content (AvgIpc) is 1.87. The molecule has 0 aliphatic heterocycles. The van der Waals surface area contributed by atoms with Crippen molar-refractivity contribution in [1.82, 2.24) is 4.90 Å². The molecule has 0 saturated heterocycles. The molecule has 0 heterocycles. The van der Waals surface area contributed by atoms with E-state index in [2.05, 4.69) is 11.8 Å². The maximum Gasteiger partial charge on any atom is 0.152 e. The van der Waals surface area contributed by atoms with Crippen molar-refractivity contribution in [3.05, 3.63) is 0 Å². The Bertz CT molecular complexity index is 108. The molecule has 0 bridgehead atoms. The first-order valence-electron chi connectivity index (χ1n) is 3.42. The lowest BCUT2D eigenvalue weighted by atomic mass is 10.4. The van der Waals surface area contributed by atoms with E-state index < -0.39 is 11.1 Å². The summed E-state index contributed by atoms with van der Waals surface area (Å²) >= 11 is -1.61. The van der Waals surface area contributed by atoms with Crippen LogP contribution in [0, 0.1) is 0 Å². The molecule has 10 heavy (non-hydrogen) atoms. The van der Waals surface area contributed by atoms with Gasteiger partial charge in [-0.2, -0.15) is 0 Å². The van der Waals surface area contributed by atoms with E-state index in [-0.39, 0.29) is 0 Å². The van der Waals surface area contributed by atoms with Crippen LogP contribution in [0.3, 0.4) is 0 Å². The molecule has 0 aromatic heterocycles. The number of nitrogens with zero attached hydrogens (tertiary/aromatic N) is 1. The predicted molar refractivity (Wildman–Crippen MR) is 43.4 cm³/mol. The maximum atomic E-state index is 10.2. The minimum absolute atomic E-state index is 0.393. The molecular weight excluding hydrogens is 150 g/mol. The fourth-order valence-electron chi connectivity index (χ4n) is 0.616. The highest BCUT2D eigenvalue weighted by molar-refractivity contribution is 7.79. The fraction of sp³-hybridized carbons (Fsp3) is 1.00. The minimum atomic E-state index is -1.61. The molecule has 1 unspecified atom stereocenters. The molecule has 0 fully saturated rings. The second kappa shape index (κ2) is 5.82. The van der Waals surface area contributed by atoms with Gasteiger partial charge in [-0.05, 0) is 26.6 Å². The molecule has 1 N–H and O–H groups in total. The molecule has 0 saturated carbocycles. The zero-order chi connectivity index (χ0) is 7.98. The molecule has 3 nitrogen and oxygen atoms in total. The first kappa shape index (κ1) is 10.1. The molecule has 0 aromatic carbocycles. The quantitative estimate of drug-likeness (QED) is 0.605. The Balaban J connectivity index is 3.11. The van der Waals surface area contributed by atoms with Crippen LogP contribution in [0.25, 0.3) is 0 Å². The van der Waals surface area contributed by atoms with Crippen LogP contribution >= 0.6 is 0 Å². The molecule has 0 spiro atoms. The standard InChI is InChI=1S/C6H15NO2S/c1-3-7(2)5-4-6-10(8)9/h3-6H2,1-2H3,(H,8,9). The minimum Gasteiger partial charge on any atom is -0.307 e. The molecule has 0 rings (SSSR count). The van der Waals surface area contributed by atoms with E-state index in [1.165, 1.54) is 0 Å². The van der Waals surface area contributed by atoms with Gasteiger partial charge in [-0.25, -0.2) is 4.21 Å². The van der Waals surface area contributed by atoms with Crippen molar-refractivity contribution in [2.24, 2.45) is 0 Å². The Kier molecular flexibility index (Phi) is 5.87. The van der Waals surface area contributed by atoms with Gasteiger partial charge >= 0.3 is 0 Å². The van der Waals surface area contributed by atoms with Gasteiger partial charge in [0.2, 0.25) is 0 Å². The van der Waals surface area contributed by atoms with Gasteiger partial charge in [-0.3, -0.25) is 0 Å². The number of hydrogen-bond donors (Lipinski definition) is 1. The second-order valence-corrected chi connectivity index (χ2v) is 3.33. The summed E-state index contributed by atoms with van der Waals surface area (Å²) in [6.07, 6.45) is 0.799. The van der Waals surface area contributed by atoms with E-state index in [0.29, 0.717) is 5.75 Å². The predicted octanol–water partition coefficient (Wildman–Crippen LogP) is 0.550. The van der Waals surface area contributed by atoms with Gasteiger partial charge in [0.05, 0.1) is 5.75 Å². The van der Waals surface area contributed by atoms with Crippen molar-refractivity contribution in [1.29, 1.82) is 0 Å². The van der Waals surface area contributed by atoms with Gasteiger partial charge in [0.1, 0.15) is 0 Å². The Hall–Kier alpha value is 0.0700. The third-order valence-corrected chi connectivity index (χ3v) is 2.04. The molecule has 1 atom stereocenters. The van der Waals surface area contributed by atoms with Crippen molar-refractivity contribution in [2.45, 2.75) is 13.3 Å². The summed E-state index contributed by atoms with van der Waals surface area (Å²) in [5.74, 6) is 0.393. The lowest BCUT2D eigenvalue weighted by Gasteiger charge is -2.11. The summed E-state index contributed by atoms with van der Waals surface area (Å²) in [5.41, 5.74) is 0. The van der Waals surface area contributed by atoms with Gasteiger partial charge in [0.25, 0.3) is 0 Å². The summed E-state index contributed by atoms with van der Waals surface area (Å²) < 4.78 is 18.6. The van der Waals surface area contributed by atoms with Crippen LogP contribution in [0.4, 0.5) is 0 Å². The zero-order valence-corrected chi connectivity index (χ0v) is 7.36. The number of rotatable bonds is 5. The average molecular weight is 165 g/mol. The Morgan fingerprint density at radius 3 is 2.60 bits per heavy atom. The second-order valence-electron chi connectivity index (χ2n) is 2.28. The summed E-state index contributed by atoms with van der Waals surface area (Å²) in [7, 11) is 2.00. The largest absolute Gasteiger partial charge is 0.307 e. The SMILES string of the molecule is CCN(C)CCCS(=O)O. The van der Waals surface area contributed by atoms with Crippen LogP contribution < -0.4 is 0 Å². The Morgan fingerprint density at radius 1 is 1.60 bits per heavy atom.